The lowest BCUT2D eigenvalue weighted by Crippen LogP contribution is -2.17. The van der Waals surface area contributed by atoms with E-state index >= 15 is 0 Å². The molecule has 5 heteroatoms. The van der Waals surface area contributed by atoms with Gasteiger partial charge in [-0.25, -0.2) is 4.79 Å². The first-order valence-electron chi connectivity index (χ1n) is 4.16. The van der Waals surface area contributed by atoms with Crippen LogP contribution in [-0.4, -0.2) is 23.9 Å². The molecule has 0 heterocycles. The van der Waals surface area contributed by atoms with Crippen molar-refractivity contribution in [3.63, 3.8) is 0 Å². The van der Waals surface area contributed by atoms with Crippen LogP contribution in [0.1, 0.15) is 20.8 Å². The molecule has 1 atom stereocenters. The van der Waals surface area contributed by atoms with Crippen LogP contribution in [0.3, 0.4) is 0 Å². The molecule has 14 heavy (non-hydrogen) atoms. The molecule has 0 fully saturated rings. The molecular formula is C9H13ClO4. The number of alkyl halides is 1. The van der Waals surface area contributed by atoms with Gasteiger partial charge in [0.15, 0.2) is 11.3 Å². The topological polar surface area (TPSA) is 52.6 Å². The number of carbonyl (C=O) groups excluding carboxylic acids is 2. The molecule has 0 rings (SSSR count). The standard InChI is InChI=1S/C9H13ClO4/c1-4-13-5-8(6(2)11)9(12)14-7(3)10/h5,7H,4H2,1-3H3/b8-5+. The minimum atomic E-state index is -0.771. The smallest absolute Gasteiger partial charge is 0.346 e. The lowest BCUT2D eigenvalue weighted by atomic mass is 10.2. The number of halogens is 1. The third-order valence-electron chi connectivity index (χ3n) is 1.24. The van der Waals surface area contributed by atoms with Crippen LogP contribution in [0.4, 0.5) is 0 Å². The third kappa shape index (κ3) is 4.87. The van der Waals surface area contributed by atoms with E-state index in [1.807, 2.05) is 0 Å². The second-order valence-electron chi connectivity index (χ2n) is 2.49. The van der Waals surface area contributed by atoms with E-state index in [2.05, 4.69) is 4.74 Å². The lowest BCUT2D eigenvalue weighted by Gasteiger charge is -2.07. The van der Waals surface area contributed by atoms with Gasteiger partial charge in [0.2, 0.25) is 0 Å². The van der Waals surface area contributed by atoms with Gasteiger partial charge in [-0.05, 0) is 20.8 Å². The van der Waals surface area contributed by atoms with Crippen LogP contribution in [0.15, 0.2) is 11.8 Å². The second-order valence-corrected chi connectivity index (χ2v) is 3.11. The molecule has 0 N–H and O–H groups in total. The van der Waals surface area contributed by atoms with E-state index in [9.17, 15) is 9.59 Å². The van der Waals surface area contributed by atoms with Gasteiger partial charge < -0.3 is 9.47 Å². The molecule has 4 nitrogen and oxygen atoms in total. The fraction of sp³-hybridized carbons (Fsp3) is 0.556. The van der Waals surface area contributed by atoms with Crippen LogP contribution >= 0.6 is 11.6 Å². The van der Waals surface area contributed by atoms with Crippen LogP contribution in [0.2, 0.25) is 0 Å². The van der Waals surface area contributed by atoms with E-state index in [-0.39, 0.29) is 5.57 Å². The minimum absolute atomic E-state index is 0.139. The zero-order chi connectivity index (χ0) is 11.1. The number of carbonyl (C=O) groups is 2. The van der Waals surface area contributed by atoms with E-state index in [0.29, 0.717) is 6.61 Å². The first-order valence-corrected chi connectivity index (χ1v) is 4.60. The Morgan fingerprint density at radius 2 is 2.07 bits per heavy atom. The van der Waals surface area contributed by atoms with Crippen molar-refractivity contribution in [1.82, 2.24) is 0 Å². The molecule has 0 radical (unpaired) electrons. The molecule has 0 saturated carbocycles. The van der Waals surface area contributed by atoms with Crippen molar-refractivity contribution in [2.45, 2.75) is 26.3 Å². The molecule has 0 amide bonds. The number of ketones is 1. The minimum Gasteiger partial charge on any atom is -0.500 e. The highest BCUT2D eigenvalue weighted by molar-refractivity contribution is 6.21. The second kappa shape index (κ2) is 6.43. The zero-order valence-corrected chi connectivity index (χ0v) is 9.13. The molecule has 0 aromatic carbocycles. The average molecular weight is 221 g/mol. The molecule has 0 aliphatic rings. The Morgan fingerprint density at radius 3 is 2.43 bits per heavy atom. The Hall–Kier alpha value is -1.03. The van der Waals surface area contributed by atoms with E-state index in [4.69, 9.17) is 16.3 Å². The highest BCUT2D eigenvalue weighted by atomic mass is 35.5. The fourth-order valence-electron chi connectivity index (χ4n) is 0.652. The van der Waals surface area contributed by atoms with Gasteiger partial charge in [0.25, 0.3) is 0 Å². The summed E-state index contributed by atoms with van der Waals surface area (Å²) in [6.45, 7) is 4.85. The van der Waals surface area contributed by atoms with E-state index < -0.39 is 17.3 Å². The highest BCUT2D eigenvalue weighted by Crippen LogP contribution is 2.05. The molecule has 0 saturated heterocycles. The predicted molar refractivity (Wildman–Crippen MR) is 51.8 cm³/mol. The first kappa shape index (κ1) is 13.0. The molecule has 0 bridgehead atoms. The van der Waals surface area contributed by atoms with Gasteiger partial charge in [-0.1, -0.05) is 11.6 Å². The number of Topliss-reactive ketones (excluding diaryl/α,β-unsaturated/α-hetero) is 1. The summed E-state index contributed by atoms with van der Waals surface area (Å²) in [6, 6.07) is 0. The van der Waals surface area contributed by atoms with Crippen molar-refractivity contribution in [2.75, 3.05) is 6.61 Å². The monoisotopic (exact) mass is 220 g/mol. The maximum absolute atomic E-state index is 11.2. The fourth-order valence-corrected chi connectivity index (χ4v) is 0.733. The average Bonchev–Trinajstić information content (AvgIpc) is 2.02. The maximum Gasteiger partial charge on any atom is 0.346 e. The molecule has 80 valence electrons. The van der Waals surface area contributed by atoms with Gasteiger partial charge in [-0.15, -0.1) is 0 Å². The quantitative estimate of drug-likeness (QED) is 0.176. The summed E-state index contributed by atoms with van der Waals surface area (Å²) in [6.07, 6.45) is 1.09. The van der Waals surface area contributed by atoms with Crippen molar-refractivity contribution in [1.29, 1.82) is 0 Å². The predicted octanol–water partition coefficient (Wildman–Crippen LogP) is 1.62. The van der Waals surface area contributed by atoms with Gasteiger partial charge >= 0.3 is 5.97 Å². The Bertz CT molecular complexity index is 245. The third-order valence-corrected chi connectivity index (χ3v) is 1.33. The molecule has 0 spiro atoms. The van der Waals surface area contributed by atoms with Gasteiger partial charge in [0.1, 0.15) is 11.8 Å². The van der Waals surface area contributed by atoms with E-state index in [0.717, 1.165) is 6.26 Å². The van der Waals surface area contributed by atoms with Crippen LogP contribution in [0, 0.1) is 0 Å². The molecule has 0 aliphatic carbocycles. The molecule has 0 aromatic heterocycles. The SMILES string of the molecule is CCO/C=C(\C(C)=O)C(=O)OC(C)Cl. The summed E-state index contributed by atoms with van der Waals surface area (Å²) < 4.78 is 9.46. The number of hydrogen-bond donors (Lipinski definition) is 0. The Kier molecular flexibility index (Phi) is 5.95. The molecule has 1 unspecified atom stereocenters. The van der Waals surface area contributed by atoms with Crippen LogP contribution in [-0.2, 0) is 19.1 Å². The number of esters is 1. The normalized spacial score (nSPS) is 13.3. The van der Waals surface area contributed by atoms with Gasteiger partial charge in [0, 0.05) is 0 Å². The van der Waals surface area contributed by atoms with E-state index in [1.165, 1.54) is 13.8 Å². The summed E-state index contributed by atoms with van der Waals surface area (Å²) in [5.74, 6) is -1.19. The zero-order valence-electron chi connectivity index (χ0n) is 8.37. The summed E-state index contributed by atoms with van der Waals surface area (Å²) in [7, 11) is 0. The van der Waals surface area contributed by atoms with Crippen LogP contribution < -0.4 is 0 Å². The summed E-state index contributed by atoms with van der Waals surface area (Å²) in [5.41, 5.74) is -0.911. The molecule has 0 aliphatic heterocycles. The van der Waals surface area contributed by atoms with Crippen molar-refractivity contribution in [3.8, 4) is 0 Å². The van der Waals surface area contributed by atoms with Crippen molar-refractivity contribution in [2.24, 2.45) is 0 Å². The molecular weight excluding hydrogens is 208 g/mol. The van der Waals surface area contributed by atoms with Gasteiger partial charge in [0.05, 0.1) is 6.61 Å². The van der Waals surface area contributed by atoms with Crippen molar-refractivity contribution < 1.29 is 19.1 Å². The van der Waals surface area contributed by atoms with E-state index in [1.54, 1.807) is 6.92 Å². The van der Waals surface area contributed by atoms with Crippen LogP contribution in [0.25, 0.3) is 0 Å². The first-order chi connectivity index (χ1) is 6.49. The maximum atomic E-state index is 11.2. The summed E-state index contributed by atoms with van der Waals surface area (Å²) in [5, 5.41) is 0. The highest BCUT2D eigenvalue weighted by Gasteiger charge is 2.18. The van der Waals surface area contributed by atoms with Crippen LogP contribution in [0.5, 0.6) is 0 Å². The Morgan fingerprint density at radius 1 is 1.50 bits per heavy atom. The number of hydrogen-bond acceptors (Lipinski definition) is 4. The van der Waals surface area contributed by atoms with Gasteiger partial charge in [-0.2, -0.15) is 0 Å². The molecule has 0 aromatic rings. The van der Waals surface area contributed by atoms with Gasteiger partial charge in [-0.3, -0.25) is 4.79 Å². The summed E-state index contributed by atoms with van der Waals surface area (Å²) in [4.78, 5) is 22.2. The van der Waals surface area contributed by atoms with Crippen molar-refractivity contribution >= 4 is 23.4 Å². The number of rotatable bonds is 5. The Labute approximate surface area is 87.8 Å². The summed E-state index contributed by atoms with van der Waals surface area (Å²) >= 11 is 5.43. The largest absolute Gasteiger partial charge is 0.500 e. The number of ether oxygens (including phenoxy) is 2. The van der Waals surface area contributed by atoms with Crippen molar-refractivity contribution in [3.05, 3.63) is 11.8 Å². The Balaban J connectivity index is 4.50. The lowest BCUT2D eigenvalue weighted by molar-refractivity contribution is -0.141.